The molecule has 0 saturated carbocycles. The molecule has 1 aromatic carbocycles. The third-order valence-electron chi connectivity index (χ3n) is 4.60. The van der Waals surface area contributed by atoms with Crippen molar-refractivity contribution >= 4 is 10.9 Å². The maximum Gasteiger partial charge on any atom is 0.0925 e. The zero-order chi connectivity index (χ0) is 17.2. The Labute approximate surface area is 146 Å². The minimum absolute atomic E-state index is 0.754. The molecule has 25 heavy (non-hydrogen) atoms. The van der Waals surface area contributed by atoms with Crippen LogP contribution in [-0.4, -0.2) is 19.7 Å². The molecule has 2 N–H and O–H groups in total. The van der Waals surface area contributed by atoms with Crippen molar-refractivity contribution in [2.45, 2.75) is 20.0 Å². The van der Waals surface area contributed by atoms with Gasteiger partial charge in [-0.1, -0.05) is 6.07 Å². The quantitative estimate of drug-likeness (QED) is 0.588. The Morgan fingerprint density at radius 2 is 1.88 bits per heavy atom. The van der Waals surface area contributed by atoms with Gasteiger partial charge in [0.1, 0.15) is 0 Å². The van der Waals surface area contributed by atoms with Crippen LogP contribution in [0.1, 0.15) is 17.0 Å². The molecule has 4 aromatic rings. The molecule has 3 aromatic heterocycles. The topological polar surface area (TPSA) is 58.5 Å². The van der Waals surface area contributed by atoms with Crippen LogP contribution in [0.15, 0.2) is 54.9 Å². The lowest BCUT2D eigenvalue weighted by atomic mass is 10.1. The third-order valence-corrected chi connectivity index (χ3v) is 4.60. The summed E-state index contributed by atoms with van der Waals surface area (Å²) in [5, 5.41) is 12.2. The lowest BCUT2D eigenvalue weighted by Gasteiger charge is -2.04. The van der Waals surface area contributed by atoms with Crippen LogP contribution >= 0.6 is 0 Å². The highest BCUT2D eigenvalue weighted by Gasteiger charge is 2.05. The van der Waals surface area contributed by atoms with Crippen LogP contribution in [0.5, 0.6) is 0 Å². The van der Waals surface area contributed by atoms with E-state index < -0.39 is 0 Å². The van der Waals surface area contributed by atoms with Crippen molar-refractivity contribution in [2.24, 2.45) is 7.05 Å². The van der Waals surface area contributed by atoms with Gasteiger partial charge in [-0.2, -0.15) is 5.10 Å². The molecule has 0 fully saturated rings. The fourth-order valence-electron chi connectivity index (χ4n) is 3.11. The summed E-state index contributed by atoms with van der Waals surface area (Å²) < 4.78 is 2.22. The first-order chi connectivity index (χ1) is 12.2. The predicted molar refractivity (Wildman–Crippen MR) is 100 cm³/mol. The average Bonchev–Trinajstić information content (AvgIpc) is 3.21. The molecular formula is C20H21N5. The monoisotopic (exact) mass is 331 g/mol. The normalized spacial score (nSPS) is 11.3. The number of rotatable bonds is 5. The largest absolute Gasteiger partial charge is 0.348 e. The number of nitrogens with one attached hydrogen (secondary N) is 2. The van der Waals surface area contributed by atoms with Crippen LogP contribution in [0.2, 0.25) is 0 Å². The van der Waals surface area contributed by atoms with Gasteiger partial charge < -0.3 is 9.88 Å². The van der Waals surface area contributed by atoms with Gasteiger partial charge in [0.05, 0.1) is 5.69 Å². The fraction of sp³-hybridized carbons (Fsp3) is 0.200. The molecule has 5 heteroatoms. The Balaban J connectivity index is 1.40. The van der Waals surface area contributed by atoms with Crippen LogP contribution < -0.4 is 5.32 Å². The summed E-state index contributed by atoms with van der Waals surface area (Å²) in [6.45, 7) is 3.72. The van der Waals surface area contributed by atoms with Gasteiger partial charge in [0.2, 0.25) is 0 Å². The second-order valence-corrected chi connectivity index (χ2v) is 6.36. The van der Waals surface area contributed by atoms with E-state index in [0.29, 0.717) is 0 Å². The van der Waals surface area contributed by atoms with Crippen molar-refractivity contribution in [1.29, 1.82) is 0 Å². The first kappa shape index (κ1) is 15.6. The Kier molecular flexibility index (Phi) is 4.07. The van der Waals surface area contributed by atoms with E-state index in [1.54, 1.807) is 12.4 Å². The van der Waals surface area contributed by atoms with Crippen LogP contribution in [0, 0.1) is 6.92 Å². The van der Waals surface area contributed by atoms with Gasteiger partial charge in [-0.05, 0) is 48.9 Å². The molecule has 3 heterocycles. The van der Waals surface area contributed by atoms with Crippen LogP contribution in [0.25, 0.3) is 22.2 Å². The number of benzene rings is 1. The SMILES string of the molecule is Cc1cc2cc(CNCc3cc(-c4ccncc4)n[nH]3)ccc2n1C. The van der Waals surface area contributed by atoms with E-state index in [1.165, 1.54) is 22.2 Å². The molecule has 0 spiro atoms. The minimum atomic E-state index is 0.754. The molecule has 4 rings (SSSR count). The molecular weight excluding hydrogens is 310 g/mol. The highest BCUT2D eigenvalue weighted by molar-refractivity contribution is 5.82. The number of nitrogens with zero attached hydrogens (tertiary/aromatic N) is 3. The van der Waals surface area contributed by atoms with Crippen molar-refractivity contribution in [3.8, 4) is 11.3 Å². The Morgan fingerprint density at radius 1 is 1.04 bits per heavy atom. The van der Waals surface area contributed by atoms with Gasteiger partial charge in [0.15, 0.2) is 0 Å². The number of fused-ring (bicyclic) bond motifs is 1. The number of aryl methyl sites for hydroxylation is 2. The number of aromatic nitrogens is 4. The smallest absolute Gasteiger partial charge is 0.0925 e. The molecule has 0 saturated heterocycles. The van der Waals surface area contributed by atoms with Crippen molar-refractivity contribution < 1.29 is 0 Å². The molecule has 0 radical (unpaired) electrons. The summed E-state index contributed by atoms with van der Waals surface area (Å²) in [7, 11) is 2.11. The van der Waals surface area contributed by atoms with E-state index in [4.69, 9.17) is 0 Å². The molecule has 0 amide bonds. The first-order valence-corrected chi connectivity index (χ1v) is 8.41. The van der Waals surface area contributed by atoms with Crippen molar-refractivity contribution in [2.75, 3.05) is 0 Å². The van der Waals surface area contributed by atoms with Crippen molar-refractivity contribution in [1.82, 2.24) is 25.1 Å². The Bertz CT molecular complexity index is 998. The van der Waals surface area contributed by atoms with Crippen molar-refractivity contribution in [3.63, 3.8) is 0 Å². The number of hydrogen-bond acceptors (Lipinski definition) is 3. The summed E-state index contributed by atoms with van der Waals surface area (Å²) >= 11 is 0. The van der Waals surface area contributed by atoms with E-state index in [1.807, 2.05) is 12.1 Å². The number of pyridine rings is 1. The lowest BCUT2D eigenvalue weighted by Crippen LogP contribution is -2.12. The molecule has 0 bridgehead atoms. The van der Waals surface area contributed by atoms with E-state index in [9.17, 15) is 0 Å². The van der Waals surface area contributed by atoms with E-state index in [0.717, 1.165) is 30.0 Å². The standard InChI is InChI=1S/C20H21N5/c1-14-9-17-10-15(3-4-20(17)25(14)2)12-22-13-18-11-19(24-23-18)16-5-7-21-8-6-16/h3-11,22H,12-13H2,1-2H3,(H,23,24). The zero-order valence-electron chi connectivity index (χ0n) is 14.5. The summed E-state index contributed by atoms with van der Waals surface area (Å²) in [4.78, 5) is 4.04. The average molecular weight is 331 g/mol. The maximum atomic E-state index is 4.37. The van der Waals surface area contributed by atoms with Crippen LogP contribution in [0.4, 0.5) is 0 Å². The van der Waals surface area contributed by atoms with Crippen LogP contribution in [-0.2, 0) is 20.1 Å². The van der Waals surface area contributed by atoms with E-state index >= 15 is 0 Å². The van der Waals surface area contributed by atoms with E-state index in [2.05, 4.69) is 69.4 Å². The van der Waals surface area contributed by atoms with Crippen molar-refractivity contribution in [3.05, 3.63) is 71.8 Å². The molecule has 0 atom stereocenters. The molecule has 0 aliphatic rings. The second-order valence-electron chi connectivity index (χ2n) is 6.36. The van der Waals surface area contributed by atoms with Gasteiger partial charge >= 0.3 is 0 Å². The Morgan fingerprint density at radius 3 is 2.72 bits per heavy atom. The lowest BCUT2D eigenvalue weighted by molar-refractivity contribution is 0.678. The summed E-state index contributed by atoms with van der Waals surface area (Å²) in [6, 6.07) is 14.9. The molecule has 0 unspecified atom stereocenters. The minimum Gasteiger partial charge on any atom is -0.348 e. The highest BCUT2D eigenvalue weighted by atomic mass is 15.1. The maximum absolute atomic E-state index is 4.37. The molecule has 5 nitrogen and oxygen atoms in total. The number of hydrogen-bond donors (Lipinski definition) is 2. The third kappa shape index (κ3) is 3.19. The molecule has 0 aliphatic heterocycles. The van der Waals surface area contributed by atoms with Gasteiger partial charge in [-0.15, -0.1) is 0 Å². The first-order valence-electron chi connectivity index (χ1n) is 8.41. The van der Waals surface area contributed by atoms with E-state index in [-0.39, 0.29) is 0 Å². The van der Waals surface area contributed by atoms with Gasteiger partial charge in [-0.3, -0.25) is 10.1 Å². The Hall–Kier alpha value is -2.92. The second kappa shape index (κ2) is 6.53. The van der Waals surface area contributed by atoms with Gasteiger partial charge in [0, 0.05) is 60.4 Å². The van der Waals surface area contributed by atoms with Gasteiger partial charge in [0.25, 0.3) is 0 Å². The summed E-state index contributed by atoms with van der Waals surface area (Å²) in [6.07, 6.45) is 3.56. The van der Waals surface area contributed by atoms with Crippen LogP contribution in [0.3, 0.4) is 0 Å². The highest BCUT2D eigenvalue weighted by Crippen LogP contribution is 2.20. The molecule has 126 valence electrons. The van der Waals surface area contributed by atoms with Gasteiger partial charge in [-0.25, -0.2) is 0 Å². The number of aromatic amines is 1. The predicted octanol–water partition coefficient (Wildman–Crippen LogP) is 3.56. The molecule has 0 aliphatic carbocycles. The summed E-state index contributed by atoms with van der Waals surface area (Å²) in [5.41, 5.74) is 6.93. The summed E-state index contributed by atoms with van der Waals surface area (Å²) in [5.74, 6) is 0. The fourth-order valence-corrected chi connectivity index (χ4v) is 3.11. The zero-order valence-corrected chi connectivity index (χ0v) is 14.5. The number of H-pyrrole nitrogens is 1.